The van der Waals surface area contributed by atoms with Crippen molar-refractivity contribution in [1.82, 2.24) is 35.3 Å². The number of hydrogen-bond acceptors (Lipinski definition) is 5. The maximum atomic E-state index is 4.64. The SMILES string of the molecule is CC1C=CC(c2ncc(-c3cnn(C4CCNCC4)c3)cn2)=CC1c1cn[nH]c1. The van der Waals surface area contributed by atoms with Crippen LogP contribution in [0.5, 0.6) is 0 Å². The maximum absolute atomic E-state index is 4.64. The first-order valence-corrected chi connectivity index (χ1v) is 10.2. The molecule has 3 aromatic rings. The highest BCUT2D eigenvalue weighted by Gasteiger charge is 2.21. The summed E-state index contributed by atoms with van der Waals surface area (Å²) in [5.41, 5.74) is 4.29. The van der Waals surface area contributed by atoms with Gasteiger partial charge in [-0.3, -0.25) is 9.78 Å². The molecule has 1 fully saturated rings. The van der Waals surface area contributed by atoms with Gasteiger partial charge in [-0.15, -0.1) is 0 Å². The Morgan fingerprint density at radius 1 is 1.03 bits per heavy atom. The minimum atomic E-state index is 0.278. The number of hydrogen-bond donors (Lipinski definition) is 2. The third kappa shape index (κ3) is 3.65. The molecule has 1 saturated heterocycles. The normalized spacial score (nSPS) is 22.6. The van der Waals surface area contributed by atoms with E-state index in [0.717, 1.165) is 48.5 Å². The molecule has 4 heterocycles. The largest absolute Gasteiger partial charge is 0.317 e. The van der Waals surface area contributed by atoms with Crippen LogP contribution in [-0.4, -0.2) is 43.0 Å². The second-order valence-corrected chi connectivity index (χ2v) is 7.88. The third-order valence-electron chi connectivity index (χ3n) is 5.94. The van der Waals surface area contributed by atoms with E-state index in [0.29, 0.717) is 12.0 Å². The molecule has 29 heavy (non-hydrogen) atoms. The van der Waals surface area contributed by atoms with Gasteiger partial charge in [0.1, 0.15) is 0 Å². The lowest BCUT2D eigenvalue weighted by Crippen LogP contribution is -2.29. The lowest BCUT2D eigenvalue weighted by Gasteiger charge is -2.22. The van der Waals surface area contributed by atoms with Crippen LogP contribution in [0.3, 0.4) is 0 Å². The van der Waals surface area contributed by atoms with Gasteiger partial charge in [0.15, 0.2) is 5.82 Å². The predicted molar refractivity (Wildman–Crippen MR) is 112 cm³/mol. The van der Waals surface area contributed by atoms with Crippen molar-refractivity contribution >= 4 is 5.57 Å². The summed E-state index contributed by atoms with van der Waals surface area (Å²) in [5.74, 6) is 1.44. The highest BCUT2D eigenvalue weighted by Crippen LogP contribution is 2.34. The number of nitrogens with one attached hydrogen (secondary N) is 2. The maximum Gasteiger partial charge on any atom is 0.158 e. The standard InChI is InChI=1S/C22H25N7/c1-15-2-3-16(8-21(15)18-11-26-27-12-18)22-24-9-17(10-25-22)19-13-28-29(14-19)20-4-6-23-7-5-20/h2-3,8-15,20-21,23H,4-7H2,1H3,(H,26,27). The van der Waals surface area contributed by atoms with E-state index in [-0.39, 0.29) is 5.92 Å². The highest BCUT2D eigenvalue weighted by molar-refractivity contribution is 5.72. The lowest BCUT2D eigenvalue weighted by atomic mass is 9.83. The Morgan fingerprint density at radius 2 is 1.86 bits per heavy atom. The van der Waals surface area contributed by atoms with Gasteiger partial charge in [-0.2, -0.15) is 10.2 Å². The van der Waals surface area contributed by atoms with E-state index in [9.17, 15) is 0 Å². The monoisotopic (exact) mass is 387 g/mol. The number of allylic oxidation sites excluding steroid dienone is 4. The summed E-state index contributed by atoms with van der Waals surface area (Å²) in [7, 11) is 0. The fourth-order valence-corrected chi connectivity index (χ4v) is 4.15. The highest BCUT2D eigenvalue weighted by atomic mass is 15.3. The quantitative estimate of drug-likeness (QED) is 0.717. The summed E-state index contributed by atoms with van der Waals surface area (Å²) in [6, 6.07) is 0.476. The molecule has 0 bridgehead atoms. The molecule has 7 nitrogen and oxygen atoms in total. The molecule has 0 spiro atoms. The first-order chi connectivity index (χ1) is 14.3. The third-order valence-corrected chi connectivity index (χ3v) is 5.94. The Kier molecular flexibility index (Phi) is 4.81. The van der Waals surface area contributed by atoms with E-state index in [1.54, 1.807) is 0 Å². The average Bonchev–Trinajstić information content (AvgIpc) is 3.48. The van der Waals surface area contributed by atoms with E-state index < -0.39 is 0 Å². The first kappa shape index (κ1) is 18.0. The van der Waals surface area contributed by atoms with Gasteiger partial charge in [0.05, 0.1) is 18.4 Å². The van der Waals surface area contributed by atoms with Crippen molar-refractivity contribution in [3.8, 4) is 11.1 Å². The Bertz CT molecular complexity index is 1010. The summed E-state index contributed by atoms with van der Waals surface area (Å²) < 4.78 is 2.09. The second kappa shape index (κ2) is 7.75. The van der Waals surface area contributed by atoms with E-state index in [2.05, 4.69) is 66.6 Å². The van der Waals surface area contributed by atoms with Gasteiger partial charge < -0.3 is 5.32 Å². The minimum absolute atomic E-state index is 0.278. The van der Waals surface area contributed by atoms with Crippen molar-refractivity contribution in [2.45, 2.75) is 31.7 Å². The summed E-state index contributed by atoms with van der Waals surface area (Å²) >= 11 is 0. The van der Waals surface area contributed by atoms with Crippen molar-refractivity contribution in [1.29, 1.82) is 0 Å². The van der Waals surface area contributed by atoms with Crippen molar-refractivity contribution in [2.75, 3.05) is 13.1 Å². The number of rotatable bonds is 4. The van der Waals surface area contributed by atoms with E-state index in [1.165, 1.54) is 5.56 Å². The molecule has 0 radical (unpaired) electrons. The van der Waals surface area contributed by atoms with Gasteiger partial charge in [-0.1, -0.05) is 25.2 Å². The van der Waals surface area contributed by atoms with Crippen LogP contribution in [0, 0.1) is 5.92 Å². The Labute approximate surface area is 170 Å². The molecule has 7 heteroatoms. The number of H-pyrrole nitrogens is 1. The summed E-state index contributed by atoms with van der Waals surface area (Å²) in [5, 5.41) is 15.0. The molecular weight excluding hydrogens is 362 g/mol. The molecule has 2 unspecified atom stereocenters. The molecule has 2 aliphatic rings. The molecule has 2 N–H and O–H groups in total. The van der Waals surface area contributed by atoms with Crippen LogP contribution in [0.15, 0.2) is 55.4 Å². The molecule has 3 aromatic heterocycles. The van der Waals surface area contributed by atoms with E-state index in [1.807, 2.05) is 31.0 Å². The van der Waals surface area contributed by atoms with Crippen LogP contribution in [0.1, 0.15) is 43.1 Å². The molecule has 148 valence electrons. The lowest BCUT2D eigenvalue weighted by molar-refractivity contribution is 0.343. The van der Waals surface area contributed by atoms with Crippen LogP contribution >= 0.6 is 0 Å². The van der Waals surface area contributed by atoms with Crippen molar-refractivity contribution in [2.24, 2.45) is 5.92 Å². The van der Waals surface area contributed by atoms with Gasteiger partial charge in [0, 0.05) is 47.4 Å². The first-order valence-electron chi connectivity index (χ1n) is 10.2. The molecule has 0 aromatic carbocycles. The van der Waals surface area contributed by atoms with Crippen molar-refractivity contribution in [3.05, 3.63) is 66.8 Å². The van der Waals surface area contributed by atoms with Crippen LogP contribution in [0.4, 0.5) is 0 Å². The van der Waals surface area contributed by atoms with Crippen LogP contribution in [0.25, 0.3) is 16.7 Å². The van der Waals surface area contributed by atoms with Crippen molar-refractivity contribution < 1.29 is 0 Å². The smallest absolute Gasteiger partial charge is 0.158 e. The van der Waals surface area contributed by atoms with Crippen LogP contribution < -0.4 is 5.32 Å². The molecule has 2 atom stereocenters. The molecule has 1 aliphatic heterocycles. The van der Waals surface area contributed by atoms with Crippen LogP contribution in [-0.2, 0) is 0 Å². The van der Waals surface area contributed by atoms with Gasteiger partial charge in [0.2, 0.25) is 0 Å². The Balaban J connectivity index is 1.36. The topological polar surface area (TPSA) is 84.3 Å². The fourth-order valence-electron chi connectivity index (χ4n) is 4.15. The number of nitrogens with zero attached hydrogens (tertiary/aromatic N) is 5. The average molecular weight is 387 g/mol. The number of piperidine rings is 1. The molecule has 5 rings (SSSR count). The minimum Gasteiger partial charge on any atom is -0.317 e. The second-order valence-electron chi connectivity index (χ2n) is 7.88. The molecular formula is C22H25N7. The van der Waals surface area contributed by atoms with Gasteiger partial charge in [0.25, 0.3) is 0 Å². The summed E-state index contributed by atoms with van der Waals surface area (Å²) in [6.07, 6.45) is 20.5. The zero-order chi connectivity index (χ0) is 19.6. The van der Waals surface area contributed by atoms with E-state index in [4.69, 9.17) is 0 Å². The van der Waals surface area contributed by atoms with Gasteiger partial charge in [-0.25, -0.2) is 9.97 Å². The van der Waals surface area contributed by atoms with Gasteiger partial charge >= 0.3 is 0 Å². The summed E-state index contributed by atoms with van der Waals surface area (Å²) in [4.78, 5) is 9.28. The summed E-state index contributed by atoms with van der Waals surface area (Å²) in [6.45, 7) is 4.32. The zero-order valence-corrected chi connectivity index (χ0v) is 16.5. The number of aromatic nitrogens is 6. The zero-order valence-electron chi connectivity index (χ0n) is 16.5. The molecule has 0 amide bonds. The van der Waals surface area contributed by atoms with Crippen molar-refractivity contribution in [3.63, 3.8) is 0 Å². The van der Waals surface area contributed by atoms with Gasteiger partial charge in [-0.05, 0) is 37.4 Å². The predicted octanol–water partition coefficient (Wildman–Crippen LogP) is 3.36. The van der Waals surface area contributed by atoms with Crippen LogP contribution in [0.2, 0.25) is 0 Å². The number of aromatic amines is 1. The fraction of sp³-hybridized carbons (Fsp3) is 0.364. The molecule has 0 saturated carbocycles. The van der Waals surface area contributed by atoms with E-state index >= 15 is 0 Å². The Hall–Kier alpha value is -3.06. The molecule has 1 aliphatic carbocycles. The Morgan fingerprint density at radius 3 is 2.62 bits per heavy atom.